The SMILES string of the molecule is CCc1cn(C)c2ccc(C(F)(F)F)cc12. The Hall–Kier alpha value is -1.45. The predicted molar refractivity (Wildman–Crippen MR) is 57.3 cm³/mol. The Morgan fingerprint density at radius 1 is 1.25 bits per heavy atom. The highest BCUT2D eigenvalue weighted by atomic mass is 19.4. The zero-order valence-electron chi connectivity index (χ0n) is 9.10. The Bertz CT molecular complexity index is 523. The first-order valence-corrected chi connectivity index (χ1v) is 5.08. The van der Waals surface area contributed by atoms with Gasteiger partial charge in [-0.15, -0.1) is 0 Å². The van der Waals surface area contributed by atoms with E-state index in [1.165, 1.54) is 12.1 Å². The number of hydrogen-bond acceptors (Lipinski definition) is 0. The van der Waals surface area contributed by atoms with Crippen molar-refractivity contribution in [3.05, 3.63) is 35.5 Å². The average molecular weight is 227 g/mol. The van der Waals surface area contributed by atoms with Crippen LogP contribution >= 0.6 is 0 Å². The second-order valence-corrected chi connectivity index (χ2v) is 3.85. The first-order valence-electron chi connectivity index (χ1n) is 5.08. The Morgan fingerprint density at radius 3 is 2.50 bits per heavy atom. The zero-order valence-corrected chi connectivity index (χ0v) is 9.10. The minimum Gasteiger partial charge on any atom is -0.350 e. The molecule has 0 radical (unpaired) electrons. The molecule has 0 aliphatic heterocycles. The summed E-state index contributed by atoms with van der Waals surface area (Å²) < 4.78 is 39.5. The quantitative estimate of drug-likeness (QED) is 0.699. The van der Waals surface area contributed by atoms with E-state index in [-0.39, 0.29) is 0 Å². The number of aromatic nitrogens is 1. The summed E-state index contributed by atoms with van der Waals surface area (Å²) in [5, 5.41) is 0.694. The van der Waals surface area contributed by atoms with E-state index in [0.717, 1.165) is 23.6 Å². The molecule has 1 aromatic carbocycles. The van der Waals surface area contributed by atoms with Crippen LogP contribution in [-0.4, -0.2) is 4.57 Å². The van der Waals surface area contributed by atoms with Crippen LogP contribution in [0.5, 0.6) is 0 Å². The number of fused-ring (bicyclic) bond motifs is 1. The molecule has 2 rings (SSSR count). The van der Waals surface area contributed by atoms with Crippen molar-refractivity contribution >= 4 is 10.9 Å². The van der Waals surface area contributed by atoms with Gasteiger partial charge in [-0.1, -0.05) is 6.92 Å². The van der Waals surface area contributed by atoms with Crippen LogP contribution in [0.25, 0.3) is 10.9 Å². The van der Waals surface area contributed by atoms with Gasteiger partial charge in [0.05, 0.1) is 5.56 Å². The van der Waals surface area contributed by atoms with Gasteiger partial charge in [0.2, 0.25) is 0 Å². The van der Waals surface area contributed by atoms with Crippen molar-refractivity contribution in [2.75, 3.05) is 0 Å². The molecule has 4 heteroatoms. The van der Waals surface area contributed by atoms with Crippen molar-refractivity contribution in [3.8, 4) is 0 Å². The van der Waals surface area contributed by atoms with Crippen LogP contribution in [0.4, 0.5) is 13.2 Å². The van der Waals surface area contributed by atoms with Crippen LogP contribution in [0, 0.1) is 0 Å². The summed E-state index contributed by atoms with van der Waals surface area (Å²) in [6.45, 7) is 1.94. The van der Waals surface area contributed by atoms with E-state index >= 15 is 0 Å². The second-order valence-electron chi connectivity index (χ2n) is 3.85. The highest BCUT2D eigenvalue weighted by Gasteiger charge is 2.30. The maximum Gasteiger partial charge on any atom is 0.416 e. The van der Waals surface area contributed by atoms with Gasteiger partial charge in [0.25, 0.3) is 0 Å². The summed E-state index contributed by atoms with van der Waals surface area (Å²) >= 11 is 0. The Balaban J connectivity index is 2.69. The van der Waals surface area contributed by atoms with Crippen molar-refractivity contribution in [3.63, 3.8) is 0 Å². The number of halogens is 3. The van der Waals surface area contributed by atoms with Gasteiger partial charge in [-0.3, -0.25) is 0 Å². The van der Waals surface area contributed by atoms with Gasteiger partial charge >= 0.3 is 6.18 Å². The van der Waals surface area contributed by atoms with Crippen LogP contribution < -0.4 is 0 Å². The van der Waals surface area contributed by atoms with Gasteiger partial charge in [-0.25, -0.2) is 0 Å². The van der Waals surface area contributed by atoms with Gasteiger partial charge in [-0.2, -0.15) is 13.2 Å². The third-order valence-electron chi connectivity index (χ3n) is 2.78. The molecule has 0 spiro atoms. The van der Waals surface area contributed by atoms with Gasteiger partial charge in [0.15, 0.2) is 0 Å². The lowest BCUT2D eigenvalue weighted by molar-refractivity contribution is -0.137. The molecule has 1 aromatic heterocycles. The summed E-state index contributed by atoms with van der Waals surface area (Å²) in [5.41, 5.74) is 1.20. The normalized spacial score (nSPS) is 12.3. The molecule has 0 amide bonds. The molecule has 0 N–H and O–H groups in total. The molecule has 0 fully saturated rings. The third kappa shape index (κ3) is 1.68. The molecule has 0 saturated carbocycles. The van der Waals surface area contributed by atoms with Crippen LogP contribution in [0.15, 0.2) is 24.4 Å². The predicted octanol–water partition coefficient (Wildman–Crippen LogP) is 3.76. The van der Waals surface area contributed by atoms with Crippen molar-refractivity contribution in [1.29, 1.82) is 0 Å². The largest absolute Gasteiger partial charge is 0.416 e. The van der Waals surface area contributed by atoms with Gasteiger partial charge in [-0.05, 0) is 30.2 Å². The molecular formula is C12H12F3N. The Labute approximate surface area is 91.5 Å². The van der Waals surface area contributed by atoms with E-state index in [1.54, 1.807) is 0 Å². The molecule has 1 nitrogen and oxygen atoms in total. The van der Waals surface area contributed by atoms with Crippen LogP contribution in [-0.2, 0) is 19.6 Å². The fraction of sp³-hybridized carbons (Fsp3) is 0.333. The number of benzene rings is 1. The first kappa shape index (κ1) is 11.0. The molecule has 1 heterocycles. The molecule has 0 aliphatic rings. The van der Waals surface area contributed by atoms with Gasteiger partial charge in [0, 0.05) is 24.1 Å². The fourth-order valence-electron chi connectivity index (χ4n) is 1.93. The lowest BCUT2D eigenvalue weighted by Crippen LogP contribution is -2.04. The van der Waals surface area contributed by atoms with Crippen molar-refractivity contribution in [2.45, 2.75) is 19.5 Å². The summed E-state index contributed by atoms with van der Waals surface area (Å²) in [7, 11) is 1.84. The van der Waals surface area contributed by atoms with Crippen molar-refractivity contribution < 1.29 is 13.2 Å². The van der Waals surface area contributed by atoms with Gasteiger partial charge < -0.3 is 4.57 Å². The minimum absolute atomic E-state index is 0.583. The molecule has 0 aliphatic carbocycles. The third-order valence-corrected chi connectivity index (χ3v) is 2.78. The topological polar surface area (TPSA) is 4.93 Å². The number of alkyl halides is 3. The second kappa shape index (κ2) is 3.54. The first-order chi connectivity index (χ1) is 7.43. The van der Waals surface area contributed by atoms with E-state index in [1.807, 2.05) is 24.7 Å². The fourth-order valence-corrected chi connectivity index (χ4v) is 1.93. The van der Waals surface area contributed by atoms with Crippen LogP contribution in [0.1, 0.15) is 18.1 Å². The number of aryl methyl sites for hydroxylation is 2. The molecule has 0 saturated heterocycles. The lowest BCUT2D eigenvalue weighted by Gasteiger charge is -2.07. The Kier molecular flexibility index (Phi) is 2.45. The zero-order chi connectivity index (χ0) is 11.9. The molecular weight excluding hydrogens is 215 g/mol. The maximum absolute atomic E-state index is 12.6. The maximum atomic E-state index is 12.6. The molecule has 2 aromatic rings. The van der Waals surface area contributed by atoms with Crippen LogP contribution in [0.2, 0.25) is 0 Å². The minimum atomic E-state index is -4.27. The number of rotatable bonds is 1. The molecule has 0 unspecified atom stereocenters. The Morgan fingerprint density at radius 2 is 1.94 bits per heavy atom. The number of nitrogens with zero attached hydrogens (tertiary/aromatic N) is 1. The molecule has 16 heavy (non-hydrogen) atoms. The monoisotopic (exact) mass is 227 g/mol. The summed E-state index contributed by atoms with van der Waals surface area (Å²) in [6.07, 6.45) is -1.65. The van der Waals surface area contributed by atoms with Gasteiger partial charge in [0.1, 0.15) is 0 Å². The van der Waals surface area contributed by atoms with E-state index in [2.05, 4.69) is 0 Å². The summed E-state index contributed by atoms with van der Waals surface area (Å²) in [6, 6.07) is 3.88. The average Bonchev–Trinajstić information content (AvgIpc) is 2.54. The van der Waals surface area contributed by atoms with E-state index in [9.17, 15) is 13.2 Å². The van der Waals surface area contributed by atoms with E-state index in [0.29, 0.717) is 5.39 Å². The highest BCUT2D eigenvalue weighted by Crippen LogP contribution is 2.32. The van der Waals surface area contributed by atoms with Crippen molar-refractivity contribution in [1.82, 2.24) is 4.57 Å². The summed E-state index contributed by atoms with van der Waals surface area (Å²) in [4.78, 5) is 0. The van der Waals surface area contributed by atoms with E-state index in [4.69, 9.17) is 0 Å². The lowest BCUT2D eigenvalue weighted by atomic mass is 10.1. The molecule has 0 bridgehead atoms. The molecule has 86 valence electrons. The standard InChI is InChI=1S/C12H12F3N/c1-3-8-7-16(2)11-5-4-9(6-10(8)11)12(13,14)15/h4-7H,3H2,1-2H3. The highest BCUT2D eigenvalue weighted by molar-refractivity contribution is 5.84. The number of hydrogen-bond donors (Lipinski definition) is 0. The van der Waals surface area contributed by atoms with Crippen molar-refractivity contribution in [2.24, 2.45) is 7.05 Å². The smallest absolute Gasteiger partial charge is 0.350 e. The molecule has 0 atom stereocenters. The summed E-state index contributed by atoms with van der Waals surface area (Å²) in [5.74, 6) is 0. The van der Waals surface area contributed by atoms with E-state index < -0.39 is 11.7 Å². The van der Waals surface area contributed by atoms with Crippen LogP contribution in [0.3, 0.4) is 0 Å².